The molecule has 6 N–H and O–H groups in total. The predicted molar refractivity (Wildman–Crippen MR) is 305 cm³/mol. The number of nitrogens with one attached hydrogen (secondary N) is 1. The highest BCUT2D eigenvalue weighted by molar-refractivity contribution is 7.80. The fraction of sp³-hybridized carbons (Fsp3) is 0.885. The summed E-state index contributed by atoms with van der Waals surface area (Å²) >= 11 is 0. The Morgan fingerprint density at radius 2 is 0.905 bits per heavy atom. The van der Waals surface area contributed by atoms with Gasteiger partial charge in [0, 0.05) is 6.42 Å². The molecule has 0 aromatic heterocycles. The van der Waals surface area contributed by atoms with Crippen LogP contribution in [0.2, 0.25) is 0 Å². The van der Waals surface area contributed by atoms with Crippen LogP contribution in [0.15, 0.2) is 36.5 Å². The fourth-order valence-electron chi connectivity index (χ4n) is 9.90. The molecule has 12 nitrogen and oxygen atoms in total. The summed E-state index contributed by atoms with van der Waals surface area (Å²) in [5.41, 5.74) is 0. The van der Waals surface area contributed by atoms with Crippen molar-refractivity contribution in [1.82, 2.24) is 5.32 Å². The summed E-state index contributed by atoms with van der Waals surface area (Å²) in [5, 5.41) is 45.0. The highest BCUT2D eigenvalue weighted by Crippen LogP contribution is 2.26. The number of carbonyl (C=O) groups excluding carboxylic acids is 1. The van der Waals surface area contributed by atoms with Gasteiger partial charge in [-0.15, -0.1) is 0 Å². The molecule has 1 rings (SSSR count). The van der Waals surface area contributed by atoms with E-state index in [0.29, 0.717) is 6.42 Å². The lowest BCUT2D eigenvalue weighted by molar-refractivity contribution is -0.298. The minimum Gasteiger partial charge on any atom is -0.394 e. The van der Waals surface area contributed by atoms with E-state index in [1.807, 2.05) is 6.08 Å². The summed E-state index contributed by atoms with van der Waals surface area (Å²) in [4.78, 5) is 13.1. The number of aliphatic hydroxyl groups excluding tert-OH is 4. The summed E-state index contributed by atoms with van der Waals surface area (Å²) in [6.45, 7) is 3.43. The number of ether oxygens (including phenoxy) is 2. The van der Waals surface area contributed by atoms with Crippen molar-refractivity contribution in [1.29, 1.82) is 0 Å². The van der Waals surface area contributed by atoms with E-state index in [0.717, 1.165) is 44.9 Å². The highest BCUT2D eigenvalue weighted by Gasteiger charge is 2.48. The molecule has 7 unspecified atom stereocenters. The Bertz CT molecular complexity index is 1440. The van der Waals surface area contributed by atoms with Crippen molar-refractivity contribution in [2.24, 2.45) is 0 Å². The number of aliphatic hydroxyl groups is 4. The summed E-state index contributed by atoms with van der Waals surface area (Å²) in [5.74, 6) is -0.260. The Morgan fingerprint density at radius 3 is 1.28 bits per heavy atom. The third-order valence-corrected chi connectivity index (χ3v) is 15.1. The summed E-state index contributed by atoms with van der Waals surface area (Å²) < 4.78 is 47.9. The lowest BCUT2D eigenvalue weighted by atomic mass is 9.99. The van der Waals surface area contributed by atoms with Crippen molar-refractivity contribution >= 4 is 16.3 Å². The molecule has 7 atom stereocenters. The van der Waals surface area contributed by atoms with Crippen molar-refractivity contribution < 1.29 is 51.8 Å². The minimum atomic E-state index is -5.09. The van der Waals surface area contributed by atoms with Gasteiger partial charge in [0.25, 0.3) is 0 Å². The zero-order valence-electron chi connectivity index (χ0n) is 47.4. The minimum absolute atomic E-state index is 0.260. The van der Waals surface area contributed by atoms with Crippen molar-refractivity contribution in [3.63, 3.8) is 0 Å². The normalized spacial score (nSPS) is 19.4. The standard InChI is InChI=1S/C61H115NO11S/c1-3-5-7-9-11-13-15-17-19-21-23-24-25-26-27-28-29-30-31-32-33-35-37-39-41-43-45-47-49-51-57(65)62-54(53-71-61-59(67)60(73-74(68,69)70)58(66)56(52-63)72-61)55(64)50-48-46-44-42-40-38-36-34-22-20-18-16-14-12-10-8-6-4-2/h23-24,26-27,48,50,54-56,58-61,63-64,66-67H,3-22,25,28-47,49,51-53H2,1-2H3,(H,62,65)(H,68,69,70)/b24-23-,27-26-,50-48+. The molecular weight excluding hydrogens is 955 g/mol. The van der Waals surface area contributed by atoms with Crippen LogP contribution in [-0.2, 0) is 28.9 Å². The monoisotopic (exact) mass is 1070 g/mol. The average molecular weight is 1070 g/mol. The quantitative estimate of drug-likeness (QED) is 0.0193. The number of hydrogen-bond donors (Lipinski definition) is 6. The lowest BCUT2D eigenvalue weighted by Gasteiger charge is -2.41. The van der Waals surface area contributed by atoms with Gasteiger partial charge >= 0.3 is 10.4 Å². The molecule has 0 saturated carbocycles. The molecule has 0 spiro atoms. The van der Waals surface area contributed by atoms with Crippen LogP contribution in [0.1, 0.15) is 290 Å². The van der Waals surface area contributed by atoms with Crippen LogP contribution in [0, 0.1) is 0 Å². The number of unbranched alkanes of at least 4 members (excludes halogenated alkanes) is 38. The molecule has 1 heterocycles. The summed E-state index contributed by atoms with van der Waals surface area (Å²) in [6.07, 6.45) is 56.2. The molecule has 0 aromatic rings. The fourth-order valence-corrected chi connectivity index (χ4v) is 10.4. The van der Waals surface area contributed by atoms with Crippen LogP contribution in [0.25, 0.3) is 0 Å². The van der Waals surface area contributed by atoms with E-state index in [1.54, 1.807) is 6.08 Å². The smallest absolute Gasteiger partial charge is 0.394 e. The van der Waals surface area contributed by atoms with Gasteiger partial charge in [0.05, 0.1) is 25.4 Å². The van der Waals surface area contributed by atoms with Gasteiger partial charge < -0.3 is 35.2 Å². The molecule has 13 heteroatoms. The van der Waals surface area contributed by atoms with E-state index < -0.39 is 59.9 Å². The van der Waals surface area contributed by atoms with Crippen LogP contribution in [-0.4, -0.2) is 95.4 Å². The van der Waals surface area contributed by atoms with E-state index in [-0.39, 0.29) is 18.9 Å². The Hall–Kier alpha value is -1.68. The van der Waals surface area contributed by atoms with Gasteiger partial charge in [0.2, 0.25) is 5.91 Å². The maximum Gasteiger partial charge on any atom is 0.397 e. The second-order valence-electron chi connectivity index (χ2n) is 21.6. The number of amides is 1. The van der Waals surface area contributed by atoms with Gasteiger partial charge in [-0.3, -0.25) is 9.35 Å². The molecule has 74 heavy (non-hydrogen) atoms. The van der Waals surface area contributed by atoms with Crippen LogP contribution < -0.4 is 5.32 Å². The molecule has 0 aromatic carbocycles. The Morgan fingerprint density at radius 1 is 0.541 bits per heavy atom. The second kappa shape index (κ2) is 50.8. The first kappa shape index (κ1) is 70.3. The van der Waals surface area contributed by atoms with Gasteiger partial charge in [-0.1, -0.05) is 269 Å². The maximum absolute atomic E-state index is 13.1. The zero-order valence-corrected chi connectivity index (χ0v) is 48.2. The largest absolute Gasteiger partial charge is 0.397 e. The van der Waals surface area contributed by atoms with Crippen molar-refractivity contribution in [2.75, 3.05) is 13.2 Å². The van der Waals surface area contributed by atoms with Crippen LogP contribution in [0.3, 0.4) is 0 Å². The zero-order chi connectivity index (χ0) is 54.0. The Kier molecular flexibility index (Phi) is 48.3. The molecular formula is C61H115NO11S. The molecule has 1 amide bonds. The van der Waals surface area contributed by atoms with Crippen LogP contribution in [0.5, 0.6) is 0 Å². The maximum atomic E-state index is 13.1. The number of carbonyl (C=O) groups is 1. The van der Waals surface area contributed by atoms with E-state index in [4.69, 9.17) is 9.47 Å². The number of allylic oxidation sites excluding steroid dienone is 5. The molecule has 436 valence electrons. The van der Waals surface area contributed by atoms with Gasteiger partial charge in [-0.2, -0.15) is 8.42 Å². The van der Waals surface area contributed by atoms with E-state index >= 15 is 0 Å². The molecule has 0 aliphatic carbocycles. The number of rotatable bonds is 54. The van der Waals surface area contributed by atoms with Gasteiger partial charge in [-0.05, 0) is 51.4 Å². The molecule has 0 radical (unpaired) electrons. The lowest BCUT2D eigenvalue weighted by Crippen LogP contribution is -2.61. The SMILES string of the molecule is CCCCCCCCCCC/C=C\C/C=C\CCCCCCCCCCCCCCCC(=O)NC(COC1OC(CO)C(O)C(OS(=O)(=O)O)C1O)C(O)/C=C/CCCCCCCCCCCCCCCCCC. The molecule has 1 fully saturated rings. The first-order valence-corrected chi connectivity index (χ1v) is 32.2. The van der Waals surface area contributed by atoms with E-state index in [9.17, 15) is 38.2 Å². The second-order valence-corrected chi connectivity index (χ2v) is 22.7. The number of hydrogen-bond acceptors (Lipinski definition) is 10. The van der Waals surface area contributed by atoms with Crippen LogP contribution in [0.4, 0.5) is 0 Å². The highest BCUT2D eigenvalue weighted by atomic mass is 32.3. The van der Waals surface area contributed by atoms with E-state index in [1.165, 1.54) is 218 Å². The van der Waals surface area contributed by atoms with Crippen molar-refractivity contribution in [2.45, 2.75) is 333 Å². The first-order valence-electron chi connectivity index (χ1n) is 30.9. The third kappa shape index (κ3) is 42.4. The molecule has 0 bridgehead atoms. The van der Waals surface area contributed by atoms with Gasteiger partial charge in [-0.25, -0.2) is 4.18 Å². The predicted octanol–water partition coefficient (Wildman–Crippen LogP) is 15.0. The van der Waals surface area contributed by atoms with Gasteiger partial charge in [0.15, 0.2) is 6.29 Å². The molecule has 1 aliphatic heterocycles. The van der Waals surface area contributed by atoms with Crippen molar-refractivity contribution in [3.05, 3.63) is 36.5 Å². The Labute approximate surface area is 454 Å². The Balaban J connectivity index is 2.31. The molecule has 1 aliphatic rings. The third-order valence-electron chi connectivity index (χ3n) is 14.7. The van der Waals surface area contributed by atoms with Gasteiger partial charge in [0.1, 0.15) is 24.4 Å². The van der Waals surface area contributed by atoms with Crippen LogP contribution >= 0.6 is 0 Å². The molecule has 1 saturated heterocycles. The topological polar surface area (TPSA) is 192 Å². The summed E-state index contributed by atoms with van der Waals surface area (Å²) in [6, 6.07) is -0.945. The summed E-state index contributed by atoms with van der Waals surface area (Å²) in [7, 11) is -5.09. The van der Waals surface area contributed by atoms with E-state index in [2.05, 4.69) is 47.7 Å². The average Bonchev–Trinajstić information content (AvgIpc) is 3.38. The first-order chi connectivity index (χ1) is 36.0. The van der Waals surface area contributed by atoms with Crippen molar-refractivity contribution in [3.8, 4) is 0 Å².